The summed E-state index contributed by atoms with van der Waals surface area (Å²) < 4.78 is 5.42. The van der Waals surface area contributed by atoms with E-state index in [9.17, 15) is 9.59 Å². The van der Waals surface area contributed by atoms with Crippen molar-refractivity contribution in [2.24, 2.45) is 5.92 Å². The van der Waals surface area contributed by atoms with Gasteiger partial charge in [0.05, 0.1) is 5.92 Å². The molecule has 102 valence electrons. The van der Waals surface area contributed by atoms with E-state index in [1.165, 1.54) is 6.92 Å². The predicted octanol–water partition coefficient (Wildman–Crippen LogP) is 3.02. The van der Waals surface area contributed by atoms with Gasteiger partial charge in [-0.3, -0.25) is 9.59 Å². The first-order valence-electron chi connectivity index (χ1n) is 6.47. The number of carbonyl (C=O) groups is 2. The highest BCUT2D eigenvalue weighted by molar-refractivity contribution is 8.00. The fraction of sp³-hybridized carbons (Fsp3) is 0.250. The van der Waals surface area contributed by atoms with Gasteiger partial charge in [0.15, 0.2) is 11.6 Å². The molecule has 0 amide bonds. The van der Waals surface area contributed by atoms with Gasteiger partial charge in [-0.15, -0.1) is 11.8 Å². The van der Waals surface area contributed by atoms with E-state index < -0.39 is 0 Å². The molecular weight excluding hydrogens is 272 g/mol. The summed E-state index contributed by atoms with van der Waals surface area (Å²) in [5, 5.41) is 0.0457. The number of ether oxygens (including phenoxy) is 1. The van der Waals surface area contributed by atoms with Crippen LogP contribution in [-0.2, 0) is 9.53 Å². The molecule has 1 aromatic rings. The lowest BCUT2D eigenvalue weighted by molar-refractivity contribution is -0.120. The average molecular weight is 286 g/mol. The molecule has 1 heterocycles. The quantitative estimate of drug-likeness (QED) is 0.856. The van der Waals surface area contributed by atoms with Crippen molar-refractivity contribution in [2.45, 2.75) is 17.1 Å². The van der Waals surface area contributed by atoms with Gasteiger partial charge in [0, 0.05) is 15.7 Å². The van der Waals surface area contributed by atoms with Crippen molar-refractivity contribution >= 4 is 23.3 Å². The van der Waals surface area contributed by atoms with Crippen molar-refractivity contribution in [2.75, 3.05) is 6.61 Å². The van der Waals surface area contributed by atoms with Gasteiger partial charge in [-0.25, -0.2) is 0 Å². The summed E-state index contributed by atoms with van der Waals surface area (Å²) >= 11 is 1.67. The monoisotopic (exact) mass is 286 g/mol. The summed E-state index contributed by atoms with van der Waals surface area (Å²) in [7, 11) is 0. The molecule has 1 aliphatic carbocycles. The van der Waals surface area contributed by atoms with Crippen molar-refractivity contribution in [3.8, 4) is 0 Å². The SMILES string of the molecule is CC(=O)COC1=CC2Sc3ccccc3C(=O)C2C=C1. The lowest BCUT2D eigenvalue weighted by Gasteiger charge is -2.30. The summed E-state index contributed by atoms with van der Waals surface area (Å²) in [4.78, 5) is 24.4. The van der Waals surface area contributed by atoms with Crippen LogP contribution in [0.25, 0.3) is 0 Å². The summed E-state index contributed by atoms with van der Waals surface area (Å²) in [6, 6.07) is 7.67. The zero-order chi connectivity index (χ0) is 14.1. The Morgan fingerprint density at radius 1 is 1.35 bits per heavy atom. The first-order chi connectivity index (χ1) is 9.65. The second-order valence-electron chi connectivity index (χ2n) is 4.89. The van der Waals surface area contributed by atoms with Gasteiger partial charge in [-0.05, 0) is 25.1 Å². The van der Waals surface area contributed by atoms with Crippen LogP contribution in [0.4, 0.5) is 0 Å². The third-order valence-electron chi connectivity index (χ3n) is 3.31. The fourth-order valence-corrected chi connectivity index (χ4v) is 3.66. The number of fused-ring (bicyclic) bond motifs is 2. The van der Waals surface area contributed by atoms with Crippen LogP contribution in [0.3, 0.4) is 0 Å². The second kappa shape index (κ2) is 5.29. The first kappa shape index (κ1) is 13.2. The topological polar surface area (TPSA) is 43.4 Å². The van der Waals surface area contributed by atoms with Crippen LogP contribution < -0.4 is 0 Å². The maximum atomic E-state index is 12.4. The highest BCUT2D eigenvalue weighted by atomic mass is 32.2. The van der Waals surface area contributed by atoms with Gasteiger partial charge in [-0.2, -0.15) is 0 Å². The van der Waals surface area contributed by atoms with Gasteiger partial charge >= 0.3 is 0 Å². The maximum Gasteiger partial charge on any atom is 0.172 e. The number of Topliss-reactive ketones (excluding diaryl/α,β-unsaturated/α-hetero) is 2. The molecule has 20 heavy (non-hydrogen) atoms. The van der Waals surface area contributed by atoms with Crippen LogP contribution in [0.2, 0.25) is 0 Å². The first-order valence-corrected chi connectivity index (χ1v) is 7.35. The minimum absolute atomic E-state index is 0.0147. The van der Waals surface area contributed by atoms with Crippen molar-refractivity contribution in [3.05, 3.63) is 53.8 Å². The van der Waals surface area contributed by atoms with Gasteiger partial charge in [-0.1, -0.05) is 24.3 Å². The van der Waals surface area contributed by atoms with E-state index in [1.54, 1.807) is 17.8 Å². The maximum absolute atomic E-state index is 12.4. The number of allylic oxidation sites excluding steroid dienone is 2. The standard InChI is InChI=1S/C16H14O3S/c1-10(17)9-19-11-6-7-13-15(8-11)20-14-5-3-2-4-12(14)16(13)18/h2-8,13,15H,9H2,1H3. The van der Waals surface area contributed by atoms with Crippen LogP contribution in [0.5, 0.6) is 0 Å². The highest BCUT2D eigenvalue weighted by Gasteiger charge is 2.35. The molecule has 2 aliphatic rings. The Bertz CT molecular complexity index is 630. The molecule has 1 aromatic carbocycles. The summed E-state index contributed by atoms with van der Waals surface area (Å²) in [5.41, 5.74) is 0.796. The minimum Gasteiger partial charge on any atom is -0.486 e. The molecule has 4 heteroatoms. The van der Waals surface area contributed by atoms with Crippen molar-refractivity contribution in [1.82, 2.24) is 0 Å². The van der Waals surface area contributed by atoms with Crippen LogP contribution >= 0.6 is 11.8 Å². The molecule has 1 aliphatic heterocycles. The molecule has 0 saturated carbocycles. The molecule has 0 radical (unpaired) electrons. The molecule has 3 nitrogen and oxygen atoms in total. The highest BCUT2D eigenvalue weighted by Crippen LogP contribution is 2.41. The van der Waals surface area contributed by atoms with Crippen LogP contribution in [0, 0.1) is 5.92 Å². The average Bonchev–Trinajstić information content (AvgIpc) is 2.45. The Balaban J connectivity index is 1.84. The van der Waals surface area contributed by atoms with E-state index in [0.717, 1.165) is 10.5 Å². The zero-order valence-corrected chi connectivity index (χ0v) is 11.9. The fourth-order valence-electron chi connectivity index (χ4n) is 2.35. The number of rotatable bonds is 3. The summed E-state index contributed by atoms with van der Waals surface area (Å²) in [5.74, 6) is 0.669. The molecule has 0 fully saturated rings. The van der Waals surface area contributed by atoms with Crippen LogP contribution in [0.15, 0.2) is 53.1 Å². The van der Waals surface area contributed by atoms with E-state index in [-0.39, 0.29) is 29.3 Å². The zero-order valence-electron chi connectivity index (χ0n) is 11.0. The molecular formula is C16H14O3S. The van der Waals surface area contributed by atoms with Crippen LogP contribution in [0.1, 0.15) is 17.3 Å². The molecule has 0 saturated heterocycles. The molecule has 2 atom stereocenters. The number of hydrogen-bond donors (Lipinski definition) is 0. The second-order valence-corrected chi connectivity index (χ2v) is 6.11. The molecule has 3 rings (SSSR count). The minimum atomic E-state index is -0.139. The Morgan fingerprint density at radius 3 is 2.95 bits per heavy atom. The Kier molecular flexibility index (Phi) is 3.49. The predicted molar refractivity (Wildman–Crippen MR) is 77.8 cm³/mol. The third-order valence-corrected chi connectivity index (χ3v) is 4.62. The largest absolute Gasteiger partial charge is 0.486 e. The van der Waals surface area contributed by atoms with Gasteiger partial charge in [0.2, 0.25) is 0 Å². The van der Waals surface area contributed by atoms with Crippen molar-refractivity contribution in [3.63, 3.8) is 0 Å². The molecule has 0 aromatic heterocycles. The Morgan fingerprint density at radius 2 is 2.15 bits per heavy atom. The third kappa shape index (κ3) is 2.43. The Hall–Kier alpha value is -1.81. The lowest BCUT2D eigenvalue weighted by Crippen LogP contribution is -2.29. The number of hydrogen-bond acceptors (Lipinski definition) is 4. The number of thioether (sulfide) groups is 1. The van der Waals surface area contributed by atoms with E-state index >= 15 is 0 Å². The van der Waals surface area contributed by atoms with Gasteiger partial charge in [0.25, 0.3) is 0 Å². The Labute approximate surface area is 121 Å². The number of carbonyl (C=O) groups excluding carboxylic acids is 2. The summed E-state index contributed by atoms with van der Waals surface area (Å²) in [6.45, 7) is 1.56. The normalized spacial score (nSPS) is 23.6. The van der Waals surface area contributed by atoms with E-state index in [0.29, 0.717) is 5.76 Å². The van der Waals surface area contributed by atoms with Gasteiger partial charge < -0.3 is 4.74 Å². The molecule has 0 bridgehead atoms. The number of ketones is 2. The number of benzene rings is 1. The molecule has 2 unspecified atom stereocenters. The lowest BCUT2D eigenvalue weighted by atomic mass is 9.90. The molecule has 0 N–H and O–H groups in total. The van der Waals surface area contributed by atoms with E-state index in [4.69, 9.17) is 4.74 Å². The smallest absolute Gasteiger partial charge is 0.172 e. The van der Waals surface area contributed by atoms with E-state index in [1.807, 2.05) is 36.4 Å². The van der Waals surface area contributed by atoms with Gasteiger partial charge in [0.1, 0.15) is 12.4 Å². The summed E-state index contributed by atoms with van der Waals surface area (Å²) in [6.07, 6.45) is 5.61. The van der Waals surface area contributed by atoms with Crippen LogP contribution in [-0.4, -0.2) is 23.4 Å². The molecule has 0 spiro atoms. The van der Waals surface area contributed by atoms with Crippen molar-refractivity contribution in [1.29, 1.82) is 0 Å². The van der Waals surface area contributed by atoms with Crippen molar-refractivity contribution < 1.29 is 14.3 Å². The van der Waals surface area contributed by atoms with E-state index in [2.05, 4.69) is 0 Å².